The number of benzene rings is 2. The van der Waals surface area contributed by atoms with Gasteiger partial charge in [-0.2, -0.15) is 5.21 Å². The van der Waals surface area contributed by atoms with Crippen molar-refractivity contribution < 1.29 is 19.3 Å². The highest BCUT2D eigenvalue weighted by Crippen LogP contribution is 2.28. The summed E-state index contributed by atoms with van der Waals surface area (Å²) in [5.74, 6) is 2.29. The Hall–Kier alpha value is -4.80. The maximum atomic E-state index is 13.5. The van der Waals surface area contributed by atoms with Crippen LogP contribution in [-0.4, -0.2) is 49.4 Å². The number of hydrogen-bond acceptors (Lipinski definition) is 6. The maximum absolute atomic E-state index is 13.5. The van der Waals surface area contributed by atoms with Gasteiger partial charge in [-0.1, -0.05) is 38.0 Å². The number of H-pyrrole nitrogens is 4. The van der Waals surface area contributed by atoms with Gasteiger partial charge >= 0.3 is 0 Å². The van der Waals surface area contributed by atoms with Gasteiger partial charge in [-0.3, -0.25) is 9.59 Å². The fourth-order valence-electron chi connectivity index (χ4n) is 5.26. The second-order valence-electron chi connectivity index (χ2n) is 10.5. The second kappa shape index (κ2) is 13.2. The zero-order valence-corrected chi connectivity index (χ0v) is 24.2. The number of carbonyl (C=O) groups is 2. The monoisotopic (exact) mass is 569 g/mol. The summed E-state index contributed by atoms with van der Waals surface area (Å²) in [5, 5.41) is 18.5. The molecule has 11 nitrogen and oxygen atoms in total. The number of fused-ring (bicyclic) bond motifs is 1. The number of nitrogens with zero attached hydrogens (tertiary/aromatic N) is 3. The predicted octanol–water partition coefficient (Wildman–Crippen LogP) is 4.80. The van der Waals surface area contributed by atoms with Crippen LogP contribution in [0.4, 0.5) is 0 Å². The van der Waals surface area contributed by atoms with Gasteiger partial charge in [0.2, 0.25) is 11.7 Å². The van der Waals surface area contributed by atoms with Gasteiger partial charge in [-0.05, 0) is 54.8 Å². The van der Waals surface area contributed by atoms with Crippen LogP contribution in [0.2, 0.25) is 0 Å². The van der Waals surface area contributed by atoms with Crippen molar-refractivity contribution in [3.05, 3.63) is 65.7 Å². The van der Waals surface area contributed by atoms with E-state index >= 15 is 0 Å². The van der Waals surface area contributed by atoms with E-state index in [1.54, 1.807) is 7.11 Å². The minimum atomic E-state index is -0.256. The van der Waals surface area contributed by atoms with E-state index in [2.05, 4.69) is 40.9 Å². The predicted molar refractivity (Wildman–Crippen MR) is 159 cm³/mol. The molecule has 218 valence electrons. The third-order valence-corrected chi connectivity index (χ3v) is 7.61. The molecule has 0 bridgehead atoms. The average molecular weight is 570 g/mol. The molecular formula is C31H37N8O3+. The summed E-state index contributed by atoms with van der Waals surface area (Å²) in [7, 11) is 1.64. The van der Waals surface area contributed by atoms with Crippen molar-refractivity contribution in [3.8, 4) is 28.4 Å². The number of tetrazole rings is 1. The molecule has 5 N–H and O–H groups in total. The molecule has 5 rings (SSSR count). The minimum Gasteiger partial charge on any atom is -0.497 e. The first-order valence-corrected chi connectivity index (χ1v) is 14.4. The van der Waals surface area contributed by atoms with Crippen molar-refractivity contribution >= 4 is 22.6 Å². The number of aromatic nitrogens is 7. The molecule has 3 aromatic heterocycles. The van der Waals surface area contributed by atoms with Gasteiger partial charge in [0.15, 0.2) is 5.69 Å². The molecule has 0 fully saturated rings. The number of methoxy groups -OCH3 is 1. The van der Waals surface area contributed by atoms with Gasteiger partial charge in [0.1, 0.15) is 23.8 Å². The first kappa shape index (κ1) is 28.7. The number of carbonyl (C=O) groups excluding carboxylic acids is 2. The Bertz CT molecular complexity index is 1650. The highest BCUT2D eigenvalue weighted by atomic mass is 16.5. The number of rotatable bonds is 14. The molecule has 42 heavy (non-hydrogen) atoms. The Morgan fingerprint density at radius 1 is 1.07 bits per heavy atom. The Morgan fingerprint density at radius 2 is 1.93 bits per heavy atom. The van der Waals surface area contributed by atoms with Gasteiger partial charge in [0.25, 0.3) is 5.82 Å². The topological polar surface area (TPSA) is 156 Å². The van der Waals surface area contributed by atoms with Crippen LogP contribution in [0.1, 0.15) is 68.6 Å². The number of hydrogen-bond donors (Lipinski definition) is 4. The summed E-state index contributed by atoms with van der Waals surface area (Å²) in [4.78, 5) is 35.4. The molecule has 0 saturated carbocycles. The van der Waals surface area contributed by atoms with Gasteiger partial charge in [0, 0.05) is 40.6 Å². The lowest BCUT2D eigenvalue weighted by Gasteiger charge is -2.14. The van der Waals surface area contributed by atoms with Gasteiger partial charge in [-0.15, -0.1) is 10.2 Å². The third kappa shape index (κ3) is 6.73. The molecule has 1 amide bonds. The third-order valence-electron chi connectivity index (χ3n) is 7.61. The molecule has 11 heteroatoms. The van der Waals surface area contributed by atoms with Crippen LogP contribution in [0.3, 0.4) is 0 Å². The molecule has 2 aromatic carbocycles. The van der Waals surface area contributed by atoms with Crippen molar-refractivity contribution in [3.63, 3.8) is 0 Å². The molecule has 1 atom stereocenters. The minimum absolute atomic E-state index is 0.0726. The average Bonchev–Trinajstić information content (AvgIpc) is 3.77. The van der Waals surface area contributed by atoms with Crippen LogP contribution in [0.25, 0.3) is 33.5 Å². The van der Waals surface area contributed by atoms with Crippen LogP contribution in [0, 0.1) is 6.92 Å². The van der Waals surface area contributed by atoms with E-state index in [1.807, 2.05) is 62.5 Å². The fraction of sp³-hybridized carbons (Fsp3) is 0.355. The lowest BCUT2D eigenvalue weighted by Crippen LogP contribution is -2.33. The van der Waals surface area contributed by atoms with Crippen LogP contribution >= 0.6 is 0 Å². The quantitative estimate of drug-likeness (QED) is 0.141. The standard InChI is InChI=1S/C31H36N8O3/c1-4-22(40)11-6-5-7-12-27(34-29(41)17-24-19(2)33-26-14-13-23(42-3)16-25(24)26)31-32-18-28(35-31)20-9-8-10-21(15-20)30-36-38-39-37-30/h8-10,13-16,18,27,33H,4-7,11-12,17H2,1-3H3,(H,32,35)(H,34,41)(H,36,37,38,39)/p+1/t27-/m0/s1. The second-order valence-corrected chi connectivity index (χ2v) is 10.5. The number of unbranched alkanes of at least 4 members (excludes halogenated alkanes) is 2. The highest BCUT2D eigenvalue weighted by Gasteiger charge is 2.24. The highest BCUT2D eigenvalue weighted by molar-refractivity contribution is 5.91. The Kier molecular flexibility index (Phi) is 9.05. The lowest BCUT2D eigenvalue weighted by atomic mass is 10.0. The maximum Gasteiger partial charge on any atom is 0.275 e. The van der Waals surface area contributed by atoms with E-state index < -0.39 is 0 Å². The van der Waals surface area contributed by atoms with Gasteiger partial charge in [0.05, 0.1) is 13.5 Å². The van der Waals surface area contributed by atoms with Crippen LogP contribution in [0.5, 0.6) is 5.75 Å². The molecule has 0 radical (unpaired) electrons. The number of imidazole rings is 1. The number of aryl methyl sites for hydroxylation is 1. The number of nitrogens with one attached hydrogen (secondary N) is 5. The molecular weight excluding hydrogens is 532 g/mol. The molecule has 5 aromatic rings. The molecule has 0 spiro atoms. The fourth-order valence-corrected chi connectivity index (χ4v) is 5.26. The van der Waals surface area contributed by atoms with Crippen molar-refractivity contribution in [2.45, 2.75) is 64.8 Å². The van der Waals surface area contributed by atoms with E-state index in [1.165, 1.54) is 0 Å². The van der Waals surface area contributed by atoms with Crippen LogP contribution in [-0.2, 0) is 16.0 Å². The SMILES string of the molecule is CCC(=O)CCCCC[C@H](NC(=O)Cc1c(C)[nH]c2ccc(OC)cc12)c1[nH]c(-c2cccc(-c3nn[nH]n3)c2)c[nH+]1. The smallest absolute Gasteiger partial charge is 0.275 e. The largest absolute Gasteiger partial charge is 0.497 e. The summed E-state index contributed by atoms with van der Waals surface area (Å²) < 4.78 is 5.41. The molecule has 0 saturated heterocycles. The van der Waals surface area contributed by atoms with Crippen LogP contribution < -0.4 is 15.0 Å². The number of amides is 1. The van der Waals surface area contributed by atoms with Gasteiger partial charge in [-0.25, -0.2) is 9.97 Å². The van der Waals surface area contributed by atoms with Crippen molar-refractivity contribution in [1.82, 2.24) is 35.9 Å². The summed E-state index contributed by atoms with van der Waals surface area (Å²) in [6, 6.07) is 13.4. The zero-order chi connectivity index (χ0) is 29.5. The molecule has 0 aliphatic heterocycles. The van der Waals surface area contributed by atoms with Crippen molar-refractivity contribution in [1.29, 1.82) is 0 Å². The van der Waals surface area contributed by atoms with E-state index in [4.69, 9.17) is 4.74 Å². The Labute approximate surface area is 243 Å². The Morgan fingerprint density at radius 3 is 2.71 bits per heavy atom. The number of ether oxygens (including phenoxy) is 1. The summed E-state index contributed by atoms with van der Waals surface area (Å²) in [5.41, 5.74) is 5.55. The molecule has 0 aliphatic carbocycles. The number of ketones is 1. The van der Waals surface area contributed by atoms with Crippen molar-refractivity contribution in [2.75, 3.05) is 7.11 Å². The van der Waals surface area contributed by atoms with E-state index in [-0.39, 0.29) is 24.2 Å². The van der Waals surface area contributed by atoms with Crippen molar-refractivity contribution in [2.24, 2.45) is 0 Å². The van der Waals surface area contributed by atoms with E-state index in [9.17, 15) is 9.59 Å². The van der Waals surface area contributed by atoms with Gasteiger partial charge < -0.3 is 15.0 Å². The molecule has 0 aliphatic rings. The number of Topliss-reactive ketones (excluding diaryl/α,β-unsaturated/α-hetero) is 1. The summed E-state index contributed by atoms with van der Waals surface area (Å²) >= 11 is 0. The summed E-state index contributed by atoms with van der Waals surface area (Å²) in [6.07, 6.45) is 6.69. The Balaban J connectivity index is 1.33. The normalized spacial score (nSPS) is 12.0. The number of aromatic amines is 4. The van der Waals surface area contributed by atoms with E-state index in [0.717, 1.165) is 76.2 Å². The summed E-state index contributed by atoms with van der Waals surface area (Å²) in [6.45, 7) is 3.88. The van der Waals surface area contributed by atoms with E-state index in [0.29, 0.717) is 18.7 Å². The zero-order valence-electron chi connectivity index (χ0n) is 24.2. The molecule has 3 heterocycles. The first-order chi connectivity index (χ1) is 20.4. The molecule has 0 unspecified atom stereocenters. The van der Waals surface area contributed by atoms with Crippen LogP contribution in [0.15, 0.2) is 48.7 Å². The first-order valence-electron chi connectivity index (χ1n) is 14.4. The lowest BCUT2D eigenvalue weighted by molar-refractivity contribution is -0.391.